The molecule has 27 heavy (non-hydrogen) atoms. The molecular formula is C21H18F2N2O2. The summed E-state index contributed by atoms with van der Waals surface area (Å²) < 4.78 is 26.8. The van der Waals surface area contributed by atoms with Crippen LogP contribution in [0.4, 0.5) is 14.5 Å². The van der Waals surface area contributed by atoms with Gasteiger partial charge in [-0.15, -0.1) is 0 Å². The maximum absolute atomic E-state index is 13.4. The van der Waals surface area contributed by atoms with Crippen LogP contribution in [0.3, 0.4) is 0 Å². The van der Waals surface area contributed by atoms with E-state index in [4.69, 9.17) is 0 Å². The van der Waals surface area contributed by atoms with Gasteiger partial charge in [0.1, 0.15) is 11.6 Å². The summed E-state index contributed by atoms with van der Waals surface area (Å²) in [6, 6.07) is 17.2. The van der Waals surface area contributed by atoms with E-state index in [0.717, 1.165) is 22.8 Å². The fraction of sp³-hybridized carbons (Fsp3) is 0.143. The smallest absolute Gasteiger partial charge is 0.270 e. The lowest BCUT2D eigenvalue weighted by molar-refractivity contribution is -0.384. The third-order valence-corrected chi connectivity index (χ3v) is 4.37. The Kier molecular flexibility index (Phi) is 5.57. The quantitative estimate of drug-likeness (QED) is 0.469. The Morgan fingerprint density at radius 3 is 2.41 bits per heavy atom. The van der Waals surface area contributed by atoms with Crippen LogP contribution < -0.4 is 5.32 Å². The minimum atomic E-state index is -0.615. The van der Waals surface area contributed by atoms with Crippen molar-refractivity contribution in [3.63, 3.8) is 0 Å². The topological polar surface area (TPSA) is 55.2 Å². The number of nitro benzene ring substituents is 1. The van der Waals surface area contributed by atoms with Gasteiger partial charge in [-0.25, -0.2) is 8.78 Å². The SMILES string of the molecule is C[C@@H](NCc1ccccc1-c1cccc([N+](=O)[O-])c1)c1cc(F)cc(F)c1. The van der Waals surface area contributed by atoms with Crippen LogP contribution in [0.2, 0.25) is 0 Å². The summed E-state index contributed by atoms with van der Waals surface area (Å²) in [6.45, 7) is 2.27. The van der Waals surface area contributed by atoms with Crippen LogP contribution in [0.15, 0.2) is 66.7 Å². The van der Waals surface area contributed by atoms with Gasteiger partial charge in [-0.2, -0.15) is 0 Å². The van der Waals surface area contributed by atoms with Crippen molar-refractivity contribution in [2.45, 2.75) is 19.5 Å². The Hall–Kier alpha value is -3.12. The van der Waals surface area contributed by atoms with Crippen molar-refractivity contribution in [2.75, 3.05) is 0 Å². The van der Waals surface area contributed by atoms with E-state index < -0.39 is 16.6 Å². The van der Waals surface area contributed by atoms with Crippen LogP contribution >= 0.6 is 0 Å². The van der Waals surface area contributed by atoms with Crippen LogP contribution in [0.25, 0.3) is 11.1 Å². The number of nitro groups is 1. The minimum absolute atomic E-state index is 0.0267. The zero-order valence-corrected chi connectivity index (χ0v) is 14.7. The van der Waals surface area contributed by atoms with E-state index in [-0.39, 0.29) is 11.7 Å². The van der Waals surface area contributed by atoms with Gasteiger partial charge < -0.3 is 5.32 Å². The number of nitrogens with one attached hydrogen (secondary N) is 1. The summed E-state index contributed by atoms with van der Waals surface area (Å²) >= 11 is 0. The van der Waals surface area contributed by atoms with Crippen LogP contribution in [-0.4, -0.2) is 4.92 Å². The molecule has 0 radical (unpaired) electrons. The molecule has 0 spiro atoms. The normalized spacial score (nSPS) is 12.0. The van der Waals surface area contributed by atoms with Gasteiger partial charge in [0, 0.05) is 30.8 Å². The maximum Gasteiger partial charge on any atom is 0.270 e. The fourth-order valence-corrected chi connectivity index (χ4v) is 2.95. The van der Waals surface area contributed by atoms with Crippen LogP contribution in [0.5, 0.6) is 0 Å². The fourth-order valence-electron chi connectivity index (χ4n) is 2.95. The van der Waals surface area contributed by atoms with Crippen molar-refractivity contribution in [2.24, 2.45) is 0 Å². The average molecular weight is 368 g/mol. The molecule has 3 aromatic rings. The molecule has 0 saturated carbocycles. The molecule has 3 aromatic carbocycles. The van der Waals surface area contributed by atoms with E-state index in [1.807, 2.05) is 37.3 Å². The van der Waals surface area contributed by atoms with Crippen molar-refractivity contribution in [3.8, 4) is 11.1 Å². The van der Waals surface area contributed by atoms with Gasteiger partial charge in [-0.3, -0.25) is 10.1 Å². The van der Waals surface area contributed by atoms with E-state index >= 15 is 0 Å². The predicted molar refractivity (Wildman–Crippen MR) is 100 cm³/mol. The molecule has 0 aliphatic rings. The Labute approximate surface area is 155 Å². The molecule has 0 heterocycles. The molecule has 0 saturated heterocycles. The molecule has 0 amide bonds. The molecule has 0 aliphatic heterocycles. The van der Waals surface area contributed by atoms with E-state index in [1.165, 1.54) is 24.3 Å². The Bertz CT molecular complexity index is 956. The third kappa shape index (κ3) is 4.54. The van der Waals surface area contributed by atoms with Gasteiger partial charge in [-0.1, -0.05) is 36.4 Å². The zero-order valence-electron chi connectivity index (χ0n) is 14.7. The van der Waals surface area contributed by atoms with Gasteiger partial charge >= 0.3 is 0 Å². The van der Waals surface area contributed by atoms with E-state index in [1.54, 1.807) is 6.07 Å². The number of halogens is 2. The Balaban J connectivity index is 1.82. The first-order valence-electron chi connectivity index (χ1n) is 8.46. The number of non-ortho nitro benzene ring substituents is 1. The monoisotopic (exact) mass is 368 g/mol. The second-order valence-electron chi connectivity index (χ2n) is 6.27. The first-order chi connectivity index (χ1) is 12.9. The molecule has 138 valence electrons. The number of hydrogen-bond acceptors (Lipinski definition) is 3. The summed E-state index contributed by atoms with van der Waals surface area (Å²) in [6.07, 6.45) is 0. The van der Waals surface area contributed by atoms with Gasteiger partial charge in [-0.05, 0) is 41.3 Å². The average Bonchev–Trinajstić information content (AvgIpc) is 2.65. The molecule has 0 fully saturated rings. The molecule has 0 bridgehead atoms. The van der Waals surface area contributed by atoms with Crippen molar-refractivity contribution in [1.82, 2.24) is 5.32 Å². The van der Waals surface area contributed by atoms with E-state index in [2.05, 4.69) is 5.32 Å². The van der Waals surface area contributed by atoms with Gasteiger partial charge in [0.05, 0.1) is 4.92 Å². The molecule has 0 unspecified atom stereocenters. The predicted octanol–water partition coefficient (Wildman–Crippen LogP) is 5.39. The summed E-state index contributed by atoms with van der Waals surface area (Å²) in [5, 5.41) is 14.3. The molecule has 0 aliphatic carbocycles. The summed E-state index contributed by atoms with van der Waals surface area (Å²) in [7, 11) is 0. The van der Waals surface area contributed by atoms with E-state index in [9.17, 15) is 18.9 Å². The third-order valence-electron chi connectivity index (χ3n) is 4.37. The van der Waals surface area contributed by atoms with Crippen molar-refractivity contribution >= 4 is 5.69 Å². The van der Waals surface area contributed by atoms with Crippen molar-refractivity contribution in [3.05, 3.63) is 99.6 Å². The first kappa shape index (κ1) is 18.7. The van der Waals surface area contributed by atoms with Crippen LogP contribution in [0, 0.1) is 21.7 Å². The maximum atomic E-state index is 13.4. The van der Waals surface area contributed by atoms with Crippen molar-refractivity contribution in [1.29, 1.82) is 0 Å². The van der Waals surface area contributed by atoms with Gasteiger partial charge in [0.25, 0.3) is 5.69 Å². The largest absolute Gasteiger partial charge is 0.306 e. The van der Waals surface area contributed by atoms with Crippen molar-refractivity contribution < 1.29 is 13.7 Å². The van der Waals surface area contributed by atoms with Gasteiger partial charge in [0.2, 0.25) is 0 Å². The lowest BCUT2D eigenvalue weighted by atomic mass is 9.98. The zero-order chi connectivity index (χ0) is 19.4. The second kappa shape index (κ2) is 8.05. The van der Waals surface area contributed by atoms with E-state index in [0.29, 0.717) is 12.1 Å². The van der Waals surface area contributed by atoms with Crippen LogP contribution in [-0.2, 0) is 6.54 Å². The first-order valence-corrected chi connectivity index (χ1v) is 8.46. The number of rotatable bonds is 6. The molecule has 1 N–H and O–H groups in total. The summed E-state index contributed by atoms with van der Waals surface area (Å²) in [5.41, 5.74) is 3.08. The number of benzene rings is 3. The lowest BCUT2D eigenvalue weighted by Crippen LogP contribution is -2.18. The lowest BCUT2D eigenvalue weighted by Gasteiger charge is -2.17. The highest BCUT2D eigenvalue weighted by atomic mass is 19.1. The summed E-state index contributed by atoms with van der Waals surface area (Å²) in [4.78, 5) is 10.6. The Morgan fingerprint density at radius 2 is 1.70 bits per heavy atom. The molecule has 0 aromatic heterocycles. The molecule has 4 nitrogen and oxygen atoms in total. The molecular weight excluding hydrogens is 350 g/mol. The second-order valence-corrected chi connectivity index (χ2v) is 6.27. The highest BCUT2D eigenvalue weighted by Gasteiger charge is 2.12. The Morgan fingerprint density at radius 1 is 1.00 bits per heavy atom. The standard InChI is InChI=1S/C21H18F2N2O2/c1-14(17-9-18(22)12-19(23)10-17)24-13-16-5-2-3-8-21(16)15-6-4-7-20(11-15)25(26)27/h2-12,14,24H,13H2,1H3/t14-/m1/s1. The van der Waals surface area contributed by atoms with Gasteiger partial charge in [0.15, 0.2) is 0 Å². The van der Waals surface area contributed by atoms with Crippen LogP contribution in [0.1, 0.15) is 24.1 Å². The molecule has 6 heteroatoms. The molecule has 3 rings (SSSR count). The highest BCUT2D eigenvalue weighted by molar-refractivity contribution is 5.69. The minimum Gasteiger partial charge on any atom is -0.306 e. The summed E-state index contributed by atoms with van der Waals surface area (Å²) in [5.74, 6) is -1.23. The number of hydrogen-bond donors (Lipinski definition) is 1. The number of nitrogens with zero attached hydrogens (tertiary/aromatic N) is 1. The molecule has 1 atom stereocenters. The highest BCUT2D eigenvalue weighted by Crippen LogP contribution is 2.27.